The number of anilines is 1. The van der Waals surface area contributed by atoms with Crippen LogP contribution < -0.4 is 5.32 Å². The number of hydrogen-bond acceptors (Lipinski definition) is 5. The lowest BCUT2D eigenvalue weighted by atomic mass is 10.3. The van der Waals surface area contributed by atoms with E-state index >= 15 is 0 Å². The second kappa shape index (κ2) is 6.81. The van der Waals surface area contributed by atoms with Gasteiger partial charge in [0.25, 0.3) is 0 Å². The highest BCUT2D eigenvalue weighted by molar-refractivity contribution is 7.99. The van der Waals surface area contributed by atoms with Gasteiger partial charge in [-0.2, -0.15) is 0 Å². The lowest BCUT2D eigenvalue weighted by molar-refractivity contribution is -0.402. The second-order valence-electron chi connectivity index (χ2n) is 3.95. The Morgan fingerprint density at radius 1 is 1.35 bits per heavy atom. The van der Waals surface area contributed by atoms with Crippen LogP contribution in [-0.2, 0) is 6.54 Å². The van der Waals surface area contributed by atoms with Crippen molar-refractivity contribution in [2.45, 2.75) is 11.4 Å². The Morgan fingerprint density at radius 2 is 2.15 bits per heavy atom. The summed E-state index contributed by atoms with van der Waals surface area (Å²) in [5, 5.41) is 13.8. The van der Waals surface area contributed by atoms with E-state index in [9.17, 15) is 10.1 Å². The number of para-hydroxylation sites is 1. The van der Waals surface area contributed by atoms with Gasteiger partial charge in [-0.3, -0.25) is 10.1 Å². The number of benzene rings is 1. The average molecular weight is 290 g/mol. The molecule has 0 fully saturated rings. The van der Waals surface area contributed by atoms with Crippen molar-refractivity contribution in [3.8, 4) is 0 Å². The van der Waals surface area contributed by atoms with Gasteiger partial charge in [-0.05, 0) is 18.2 Å². The molecule has 0 saturated heterocycles. The van der Waals surface area contributed by atoms with Gasteiger partial charge in [0.1, 0.15) is 10.7 Å². The zero-order valence-electron chi connectivity index (χ0n) is 10.7. The van der Waals surface area contributed by atoms with Gasteiger partial charge in [-0.15, -0.1) is 18.3 Å². The summed E-state index contributed by atoms with van der Waals surface area (Å²) in [6, 6.07) is 10.8. The number of hydrogen-bond donors (Lipinski definition) is 1. The van der Waals surface area contributed by atoms with E-state index in [1.165, 1.54) is 6.07 Å². The number of thioether (sulfide) groups is 1. The molecule has 0 saturated carbocycles. The molecule has 104 valence electrons. The van der Waals surface area contributed by atoms with Gasteiger partial charge >= 0.3 is 5.88 Å². The van der Waals surface area contributed by atoms with E-state index in [1.807, 2.05) is 30.3 Å². The molecular formula is C14H14N2O3S. The van der Waals surface area contributed by atoms with Crippen LogP contribution in [0.1, 0.15) is 5.76 Å². The number of furan rings is 1. The Kier molecular flexibility index (Phi) is 4.84. The topological polar surface area (TPSA) is 68.3 Å². The Hall–Kier alpha value is -2.21. The van der Waals surface area contributed by atoms with Crippen LogP contribution in [0.4, 0.5) is 11.6 Å². The molecule has 20 heavy (non-hydrogen) atoms. The average Bonchev–Trinajstić information content (AvgIpc) is 2.93. The minimum Gasteiger partial charge on any atom is -0.404 e. The predicted octanol–water partition coefficient (Wildman–Crippen LogP) is 4.08. The fourth-order valence-electron chi connectivity index (χ4n) is 1.63. The number of nitro groups is 1. The Morgan fingerprint density at radius 3 is 2.85 bits per heavy atom. The molecule has 0 atom stereocenters. The quantitative estimate of drug-likeness (QED) is 0.360. The van der Waals surface area contributed by atoms with Crippen LogP contribution in [0, 0.1) is 10.1 Å². The summed E-state index contributed by atoms with van der Waals surface area (Å²) in [5.74, 6) is 1.11. The second-order valence-corrected chi connectivity index (χ2v) is 5.01. The van der Waals surface area contributed by atoms with Crippen LogP contribution in [-0.4, -0.2) is 10.7 Å². The molecule has 2 rings (SSSR count). The first-order valence-corrected chi connectivity index (χ1v) is 6.99. The van der Waals surface area contributed by atoms with E-state index in [0.29, 0.717) is 12.3 Å². The summed E-state index contributed by atoms with van der Waals surface area (Å²) in [7, 11) is 0. The summed E-state index contributed by atoms with van der Waals surface area (Å²) in [5.41, 5.74) is 0.971. The SMILES string of the molecule is C=CCSc1ccccc1NCc1ccc([N+](=O)[O-])o1. The third kappa shape index (κ3) is 3.64. The molecule has 1 aromatic heterocycles. The molecule has 0 aliphatic rings. The number of nitrogens with one attached hydrogen (secondary N) is 1. The molecule has 0 aliphatic carbocycles. The number of rotatable bonds is 7. The van der Waals surface area contributed by atoms with Crippen LogP contribution in [0.15, 0.2) is 58.4 Å². The normalized spacial score (nSPS) is 10.2. The lowest BCUT2D eigenvalue weighted by Crippen LogP contribution is -1.99. The van der Waals surface area contributed by atoms with E-state index in [1.54, 1.807) is 17.8 Å². The van der Waals surface area contributed by atoms with Gasteiger partial charge in [-0.1, -0.05) is 18.2 Å². The molecular weight excluding hydrogens is 276 g/mol. The molecule has 0 radical (unpaired) electrons. The van der Waals surface area contributed by atoms with E-state index in [2.05, 4.69) is 11.9 Å². The van der Waals surface area contributed by atoms with Crippen LogP contribution in [0.3, 0.4) is 0 Å². The minimum absolute atomic E-state index is 0.240. The first-order chi connectivity index (χ1) is 9.70. The van der Waals surface area contributed by atoms with Gasteiger partial charge in [0, 0.05) is 16.3 Å². The van der Waals surface area contributed by atoms with Crippen LogP contribution in [0.5, 0.6) is 0 Å². The summed E-state index contributed by atoms with van der Waals surface area (Å²) in [6.45, 7) is 4.10. The molecule has 2 aromatic rings. The van der Waals surface area contributed by atoms with Crippen molar-refractivity contribution < 1.29 is 9.34 Å². The molecule has 6 heteroatoms. The van der Waals surface area contributed by atoms with Crippen molar-refractivity contribution in [3.63, 3.8) is 0 Å². The Balaban J connectivity index is 2.02. The van der Waals surface area contributed by atoms with Crippen molar-refractivity contribution in [1.82, 2.24) is 0 Å². The zero-order chi connectivity index (χ0) is 14.4. The number of nitrogens with zero attached hydrogens (tertiary/aromatic N) is 1. The highest BCUT2D eigenvalue weighted by Gasteiger charge is 2.11. The Labute approximate surface area is 120 Å². The largest absolute Gasteiger partial charge is 0.433 e. The predicted molar refractivity (Wildman–Crippen MR) is 80.1 cm³/mol. The van der Waals surface area contributed by atoms with Gasteiger partial charge in [0.05, 0.1) is 12.6 Å². The van der Waals surface area contributed by atoms with Gasteiger partial charge < -0.3 is 9.73 Å². The highest BCUT2D eigenvalue weighted by Crippen LogP contribution is 2.27. The molecule has 0 bridgehead atoms. The highest BCUT2D eigenvalue weighted by atomic mass is 32.2. The fourth-order valence-corrected chi connectivity index (χ4v) is 2.40. The third-order valence-corrected chi connectivity index (χ3v) is 3.59. The molecule has 0 spiro atoms. The van der Waals surface area contributed by atoms with E-state index in [4.69, 9.17) is 4.42 Å². The first kappa shape index (κ1) is 14.2. The van der Waals surface area contributed by atoms with Crippen molar-refractivity contribution in [1.29, 1.82) is 0 Å². The summed E-state index contributed by atoms with van der Waals surface area (Å²) < 4.78 is 5.10. The van der Waals surface area contributed by atoms with Crippen molar-refractivity contribution in [3.05, 3.63) is 64.9 Å². The molecule has 0 amide bonds. The van der Waals surface area contributed by atoms with Crippen LogP contribution in [0.2, 0.25) is 0 Å². The third-order valence-electron chi connectivity index (χ3n) is 2.52. The maximum Gasteiger partial charge on any atom is 0.433 e. The summed E-state index contributed by atoms with van der Waals surface area (Å²) in [4.78, 5) is 11.1. The molecule has 1 heterocycles. The van der Waals surface area contributed by atoms with Crippen molar-refractivity contribution in [2.75, 3.05) is 11.1 Å². The maximum atomic E-state index is 10.5. The first-order valence-electron chi connectivity index (χ1n) is 6.00. The Bertz CT molecular complexity index is 610. The van der Waals surface area contributed by atoms with Crippen molar-refractivity contribution >= 4 is 23.3 Å². The van der Waals surface area contributed by atoms with Gasteiger partial charge in [-0.25, -0.2) is 0 Å². The summed E-state index contributed by atoms with van der Waals surface area (Å²) >= 11 is 1.67. The smallest absolute Gasteiger partial charge is 0.404 e. The van der Waals surface area contributed by atoms with Crippen molar-refractivity contribution in [2.24, 2.45) is 0 Å². The zero-order valence-corrected chi connectivity index (χ0v) is 11.6. The van der Waals surface area contributed by atoms with Crippen LogP contribution in [0.25, 0.3) is 0 Å². The van der Waals surface area contributed by atoms with Crippen LogP contribution >= 0.6 is 11.8 Å². The standard InChI is InChI=1S/C14H14N2O3S/c1-2-9-20-13-6-4-3-5-12(13)15-10-11-7-8-14(19-11)16(17)18/h2-8,15H,1,9-10H2. The molecule has 1 aromatic carbocycles. The maximum absolute atomic E-state index is 10.5. The summed E-state index contributed by atoms with van der Waals surface area (Å²) in [6.07, 6.45) is 1.84. The van der Waals surface area contributed by atoms with E-state index < -0.39 is 4.92 Å². The monoisotopic (exact) mass is 290 g/mol. The lowest BCUT2D eigenvalue weighted by Gasteiger charge is -2.09. The molecule has 0 aliphatic heterocycles. The van der Waals surface area contributed by atoms with E-state index in [-0.39, 0.29) is 5.88 Å². The molecule has 5 nitrogen and oxygen atoms in total. The molecule has 1 N–H and O–H groups in total. The van der Waals surface area contributed by atoms with Gasteiger partial charge in [0.15, 0.2) is 0 Å². The van der Waals surface area contributed by atoms with Gasteiger partial charge in [0.2, 0.25) is 0 Å². The minimum atomic E-state index is -0.544. The fraction of sp³-hybridized carbons (Fsp3) is 0.143. The molecule has 0 unspecified atom stereocenters. The van der Waals surface area contributed by atoms with E-state index in [0.717, 1.165) is 16.3 Å².